The van der Waals surface area contributed by atoms with Gasteiger partial charge in [-0.05, 0) is 48.7 Å². The summed E-state index contributed by atoms with van der Waals surface area (Å²) in [5.74, 6) is 1.48. The molecule has 0 unspecified atom stereocenters. The molecule has 1 N–H and O–H groups in total. The minimum Gasteiger partial charge on any atom is -0.496 e. The van der Waals surface area contributed by atoms with Crippen LogP contribution in [-0.2, 0) is 6.54 Å². The standard InChI is InChI=1S/C23H20N6OS/c1-15-18-7-3-4-8-19(18)23-27-26-22(29(23)28-15)17-9-10-20(30-2)21(12-17)31-25-14-16-6-5-11-24-13-16/h3-13,25H,14H2,1-2H3. The van der Waals surface area contributed by atoms with Crippen LogP contribution in [0.2, 0.25) is 0 Å². The van der Waals surface area contributed by atoms with Crippen molar-refractivity contribution in [2.24, 2.45) is 0 Å². The lowest BCUT2D eigenvalue weighted by Gasteiger charge is -2.11. The SMILES string of the molecule is COc1ccc(-c2nnc3c4ccccc4c(C)nn23)cc1SNCc1cccnc1. The molecule has 0 aliphatic rings. The molecule has 0 spiro atoms. The Morgan fingerprint density at radius 1 is 1.03 bits per heavy atom. The van der Waals surface area contributed by atoms with Crippen molar-refractivity contribution in [3.8, 4) is 17.1 Å². The van der Waals surface area contributed by atoms with Crippen molar-refractivity contribution in [1.29, 1.82) is 0 Å². The largest absolute Gasteiger partial charge is 0.496 e. The number of hydrogen-bond acceptors (Lipinski definition) is 7. The maximum Gasteiger partial charge on any atom is 0.186 e. The van der Waals surface area contributed by atoms with Crippen LogP contribution < -0.4 is 9.46 Å². The quantitative estimate of drug-likeness (QED) is 0.400. The van der Waals surface area contributed by atoms with Crippen molar-refractivity contribution in [2.75, 3.05) is 7.11 Å². The number of aryl methyl sites for hydroxylation is 1. The van der Waals surface area contributed by atoms with E-state index in [0.717, 1.165) is 43.9 Å². The first-order valence-electron chi connectivity index (χ1n) is 9.82. The first-order valence-corrected chi connectivity index (χ1v) is 10.6. The lowest BCUT2D eigenvalue weighted by Crippen LogP contribution is -2.04. The second-order valence-corrected chi connectivity index (χ2v) is 7.97. The van der Waals surface area contributed by atoms with E-state index in [4.69, 9.17) is 9.84 Å². The number of hydrogen-bond donors (Lipinski definition) is 1. The molecule has 3 aromatic heterocycles. The first kappa shape index (κ1) is 19.5. The maximum atomic E-state index is 5.55. The Hall–Kier alpha value is -3.49. The molecule has 0 atom stereocenters. The average Bonchev–Trinajstić information content (AvgIpc) is 3.24. The number of aromatic nitrogens is 5. The Kier molecular flexibility index (Phi) is 5.23. The molecular weight excluding hydrogens is 408 g/mol. The normalized spacial score (nSPS) is 11.3. The third-order valence-electron chi connectivity index (χ3n) is 5.05. The Balaban J connectivity index is 1.50. The molecule has 0 aliphatic carbocycles. The van der Waals surface area contributed by atoms with Crippen LogP contribution in [0.4, 0.5) is 0 Å². The molecule has 7 nitrogen and oxygen atoms in total. The summed E-state index contributed by atoms with van der Waals surface area (Å²) < 4.78 is 10.7. The van der Waals surface area contributed by atoms with Crippen LogP contribution in [0.3, 0.4) is 0 Å². The first-order chi connectivity index (χ1) is 15.2. The summed E-state index contributed by atoms with van der Waals surface area (Å²) in [5, 5.41) is 15.7. The van der Waals surface area contributed by atoms with Gasteiger partial charge < -0.3 is 4.74 Å². The second kappa shape index (κ2) is 8.33. The van der Waals surface area contributed by atoms with Crippen molar-refractivity contribution in [2.45, 2.75) is 18.4 Å². The summed E-state index contributed by atoms with van der Waals surface area (Å²) in [6, 6.07) is 18.1. The van der Waals surface area contributed by atoms with E-state index in [1.807, 2.05) is 60.1 Å². The predicted octanol–water partition coefficient (Wildman–Crippen LogP) is 4.45. The predicted molar refractivity (Wildman–Crippen MR) is 122 cm³/mol. The highest BCUT2D eigenvalue weighted by atomic mass is 32.2. The van der Waals surface area contributed by atoms with Crippen LogP contribution in [0.1, 0.15) is 11.3 Å². The molecule has 3 heterocycles. The molecule has 0 amide bonds. The summed E-state index contributed by atoms with van der Waals surface area (Å²) in [5.41, 5.74) is 3.71. The number of methoxy groups -OCH3 is 1. The summed E-state index contributed by atoms with van der Waals surface area (Å²) >= 11 is 1.51. The number of pyridine rings is 1. The van der Waals surface area contributed by atoms with Gasteiger partial charge in [0.25, 0.3) is 0 Å². The van der Waals surface area contributed by atoms with Crippen LogP contribution in [0.15, 0.2) is 71.9 Å². The van der Waals surface area contributed by atoms with Gasteiger partial charge in [0.1, 0.15) is 5.75 Å². The molecule has 0 radical (unpaired) electrons. The number of benzene rings is 2. The van der Waals surface area contributed by atoms with Gasteiger partial charge in [-0.15, -0.1) is 10.2 Å². The molecule has 0 fully saturated rings. The summed E-state index contributed by atoms with van der Waals surface area (Å²) in [4.78, 5) is 5.11. The van der Waals surface area contributed by atoms with Gasteiger partial charge >= 0.3 is 0 Å². The van der Waals surface area contributed by atoms with Crippen molar-refractivity contribution in [1.82, 2.24) is 29.5 Å². The average molecular weight is 429 g/mol. The fraction of sp³-hybridized carbons (Fsp3) is 0.130. The third kappa shape index (κ3) is 3.71. The van der Waals surface area contributed by atoms with E-state index in [-0.39, 0.29) is 0 Å². The molecule has 154 valence electrons. The Morgan fingerprint density at radius 2 is 1.90 bits per heavy atom. The number of rotatable bonds is 6. The number of ether oxygens (including phenoxy) is 1. The zero-order chi connectivity index (χ0) is 21.2. The minimum atomic E-state index is 0.687. The highest BCUT2D eigenvalue weighted by molar-refractivity contribution is 7.97. The smallest absolute Gasteiger partial charge is 0.186 e. The maximum absolute atomic E-state index is 5.55. The van der Waals surface area contributed by atoms with Gasteiger partial charge in [0.2, 0.25) is 0 Å². The molecular formula is C23H20N6OS. The van der Waals surface area contributed by atoms with Gasteiger partial charge in [0, 0.05) is 35.3 Å². The molecule has 8 heteroatoms. The molecule has 5 aromatic rings. The molecule has 0 bridgehead atoms. The van der Waals surface area contributed by atoms with Crippen molar-refractivity contribution in [3.63, 3.8) is 0 Å². The van der Waals surface area contributed by atoms with Gasteiger partial charge in [-0.25, -0.2) is 0 Å². The Morgan fingerprint density at radius 3 is 2.71 bits per heavy atom. The van der Waals surface area contributed by atoms with E-state index in [9.17, 15) is 0 Å². The van der Waals surface area contributed by atoms with Crippen LogP contribution in [0, 0.1) is 6.92 Å². The number of nitrogens with zero attached hydrogens (tertiary/aromatic N) is 5. The number of nitrogens with one attached hydrogen (secondary N) is 1. The topological polar surface area (TPSA) is 77.2 Å². The second-order valence-electron chi connectivity index (χ2n) is 7.04. The van der Waals surface area contributed by atoms with Crippen molar-refractivity contribution < 1.29 is 4.74 Å². The van der Waals surface area contributed by atoms with Crippen LogP contribution >= 0.6 is 11.9 Å². The molecule has 5 rings (SSSR count). The zero-order valence-electron chi connectivity index (χ0n) is 17.1. The lowest BCUT2D eigenvalue weighted by molar-refractivity contribution is 0.405. The summed E-state index contributed by atoms with van der Waals surface area (Å²) in [6.07, 6.45) is 3.62. The highest BCUT2D eigenvalue weighted by Crippen LogP contribution is 2.33. The lowest BCUT2D eigenvalue weighted by atomic mass is 10.1. The van der Waals surface area contributed by atoms with Crippen molar-refractivity contribution in [3.05, 3.63) is 78.2 Å². The van der Waals surface area contributed by atoms with Gasteiger partial charge in [-0.2, -0.15) is 9.61 Å². The fourth-order valence-corrected chi connectivity index (χ4v) is 4.35. The molecule has 0 saturated heterocycles. The minimum absolute atomic E-state index is 0.687. The number of fused-ring (bicyclic) bond motifs is 3. The van der Waals surface area contributed by atoms with Gasteiger partial charge in [-0.3, -0.25) is 9.71 Å². The Bertz CT molecular complexity index is 1370. The third-order valence-corrected chi connectivity index (χ3v) is 5.88. The molecule has 2 aromatic carbocycles. The van der Waals surface area contributed by atoms with E-state index in [0.29, 0.717) is 12.4 Å². The fourth-order valence-electron chi connectivity index (χ4n) is 3.52. The molecule has 0 aliphatic heterocycles. The van der Waals surface area contributed by atoms with E-state index in [1.165, 1.54) is 11.9 Å². The molecule has 31 heavy (non-hydrogen) atoms. The van der Waals surface area contributed by atoms with E-state index >= 15 is 0 Å². The van der Waals surface area contributed by atoms with Gasteiger partial charge in [0.05, 0.1) is 17.7 Å². The van der Waals surface area contributed by atoms with E-state index in [1.54, 1.807) is 13.3 Å². The summed E-state index contributed by atoms with van der Waals surface area (Å²) in [6.45, 7) is 2.69. The van der Waals surface area contributed by atoms with Crippen LogP contribution in [0.5, 0.6) is 5.75 Å². The molecule has 0 saturated carbocycles. The van der Waals surface area contributed by atoms with Crippen LogP contribution in [0.25, 0.3) is 27.8 Å². The van der Waals surface area contributed by atoms with Crippen molar-refractivity contribution >= 4 is 28.4 Å². The van der Waals surface area contributed by atoms with E-state index < -0.39 is 0 Å². The monoisotopic (exact) mass is 428 g/mol. The van der Waals surface area contributed by atoms with Gasteiger partial charge in [0.15, 0.2) is 11.5 Å². The van der Waals surface area contributed by atoms with Gasteiger partial charge in [-0.1, -0.05) is 30.3 Å². The highest BCUT2D eigenvalue weighted by Gasteiger charge is 2.15. The summed E-state index contributed by atoms with van der Waals surface area (Å²) in [7, 11) is 1.67. The Labute approximate surface area is 183 Å². The van der Waals surface area contributed by atoms with Crippen LogP contribution in [-0.4, -0.2) is 31.9 Å². The zero-order valence-corrected chi connectivity index (χ0v) is 17.9. The van der Waals surface area contributed by atoms with E-state index in [2.05, 4.69) is 32.0 Å².